The number of pyridine rings is 2. The van der Waals surface area contributed by atoms with Crippen molar-refractivity contribution >= 4 is 22.8 Å². The lowest BCUT2D eigenvalue weighted by Gasteiger charge is -2.08. The zero-order valence-corrected chi connectivity index (χ0v) is 14.1. The fourth-order valence-corrected chi connectivity index (χ4v) is 2.96. The maximum absolute atomic E-state index is 13.1. The van der Waals surface area contributed by atoms with Crippen molar-refractivity contribution < 1.29 is 4.39 Å². The normalized spacial score (nSPS) is 11.2. The summed E-state index contributed by atoms with van der Waals surface area (Å²) in [5.74, 6) is 1.27. The molecule has 4 rings (SSSR count). The lowest BCUT2D eigenvalue weighted by Crippen LogP contribution is -2.03. The molecule has 0 aliphatic rings. The van der Waals surface area contributed by atoms with Crippen molar-refractivity contribution in [2.45, 2.75) is 13.5 Å². The summed E-state index contributed by atoms with van der Waals surface area (Å²) < 4.78 is 15.1. The monoisotopic (exact) mass is 348 g/mol. The van der Waals surface area contributed by atoms with Gasteiger partial charge in [0.25, 0.3) is 0 Å². The first-order valence-electron chi connectivity index (χ1n) is 8.11. The van der Waals surface area contributed by atoms with E-state index in [1.54, 1.807) is 24.3 Å². The quantitative estimate of drug-likeness (QED) is 0.593. The maximum atomic E-state index is 13.1. The number of anilines is 2. The van der Waals surface area contributed by atoms with Crippen LogP contribution in [0.3, 0.4) is 0 Å². The molecule has 0 unspecified atom stereocenters. The van der Waals surface area contributed by atoms with Gasteiger partial charge in [-0.15, -0.1) is 0 Å². The fraction of sp³-hybridized carbons (Fsp3) is 0.105. The molecule has 3 heterocycles. The van der Waals surface area contributed by atoms with Crippen LogP contribution in [0.4, 0.5) is 16.0 Å². The molecule has 0 aliphatic heterocycles. The molecule has 3 aromatic heterocycles. The van der Waals surface area contributed by atoms with E-state index in [2.05, 4.69) is 9.97 Å². The summed E-state index contributed by atoms with van der Waals surface area (Å²) in [6, 6.07) is 13.7. The number of nitrogen functional groups attached to an aromatic ring is 2. The molecule has 6 nitrogen and oxygen atoms in total. The third-order valence-corrected chi connectivity index (χ3v) is 4.20. The van der Waals surface area contributed by atoms with Crippen LogP contribution < -0.4 is 11.5 Å². The van der Waals surface area contributed by atoms with Crippen LogP contribution in [0.5, 0.6) is 0 Å². The number of benzene rings is 1. The molecule has 7 heteroatoms. The van der Waals surface area contributed by atoms with Gasteiger partial charge in [0.05, 0.1) is 12.2 Å². The Balaban J connectivity index is 1.80. The molecule has 0 aliphatic carbocycles. The summed E-state index contributed by atoms with van der Waals surface area (Å²) in [4.78, 5) is 13.3. The minimum atomic E-state index is -0.255. The van der Waals surface area contributed by atoms with E-state index in [1.807, 2.05) is 23.6 Å². The molecule has 4 aromatic rings. The number of hydrogen-bond donors (Lipinski definition) is 2. The van der Waals surface area contributed by atoms with Gasteiger partial charge in [0.1, 0.15) is 28.8 Å². The van der Waals surface area contributed by atoms with Crippen LogP contribution in [0.25, 0.3) is 22.4 Å². The van der Waals surface area contributed by atoms with E-state index in [1.165, 1.54) is 12.1 Å². The molecule has 0 amide bonds. The SMILES string of the molecule is Cc1nc2ccc(-c3cc(N)nc(N)c3)nc2n1Cc1ccc(F)cc1. The van der Waals surface area contributed by atoms with Crippen molar-refractivity contribution in [2.75, 3.05) is 11.5 Å². The zero-order valence-electron chi connectivity index (χ0n) is 14.1. The van der Waals surface area contributed by atoms with Crippen molar-refractivity contribution in [1.29, 1.82) is 0 Å². The second kappa shape index (κ2) is 6.11. The topological polar surface area (TPSA) is 95.6 Å². The maximum Gasteiger partial charge on any atom is 0.160 e. The van der Waals surface area contributed by atoms with Gasteiger partial charge < -0.3 is 16.0 Å². The van der Waals surface area contributed by atoms with Crippen molar-refractivity contribution in [3.8, 4) is 11.3 Å². The first-order chi connectivity index (χ1) is 12.5. The third kappa shape index (κ3) is 2.95. The number of nitrogens with two attached hydrogens (primary N) is 2. The summed E-state index contributed by atoms with van der Waals surface area (Å²) in [7, 11) is 0. The van der Waals surface area contributed by atoms with Crippen LogP contribution in [-0.2, 0) is 6.54 Å². The van der Waals surface area contributed by atoms with E-state index < -0.39 is 0 Å². The summed E-state index contributed by atoms with van der Waals surface area (Å²) in [5, 5.41) is 0. The number of hydrogen-bond acceptors (Lipinski definition) is 5. The number of nitrogens with zero attached hydrogens (tertiary/aromatic N) is 4. The van der Waals surface area contributed by atoms with Crippen molar-refractivity contribution in [3.05, 3.63) is 65.7 Å². The van der Waals surface area contributed by atoms with Crippen LogP contribution in [0.1, 0.15) is 11.4 Å². The number of imidazole rings is 1. The van der Waals surface area contributed by atoms with E-state index in [-0.39, 0.29) is 5.82 Å². The number of halogens is 1. The molecule has 26 heavy (non-hydrogen) atoms. The minimum absolute atomic E-state index is 0.255. The first-order valence-corrected chi connectivity index (χ1v) is 8.11. The molecule has 0 fully saturated rings. The summed E-state index contributed by atoms with van der Waals surface area (Å²) in [6.45, 7) is 2.48. The zero-order chi connectivity index (χ0) is 18.3. The molecule has 0 atom stereocenters. The molecule has 0 bridgehead atoms. The standard InChI is InChI=1S/C19H17FN6/c1-11-23-16-7-6-15(13-8-17(21)25-18(22)9-13)24-19(16)26(11)10-12-2-4-14(20)5-3-12/h2-9H,10H2,1H3,(H4,21,22,25). The van der Waals surface area contributed by atoms with Gasteiger partial charge in [-0.2, -0.15) is 0 Å². The van der Waals surface area contributed by atoms with Crippen LogP contribution in [0, 0.1) is 12.7 Å². The average Bonchev–Trinajstić information content (AvgIpc) is 2.91. The van der Waals surface area contributed by atoms with Crippen molar-refractivity contribution in [1.82, 2.24) is 19.5 Å². The van der Waals surface area contributed by atoms with Crippen LogP contribution >= 0.6 is 0 Å². The van der Waals surface area contributed by atoms with Gasteiger partial charge in [-0.25, -0.2) is 19.3 Å². The van der Waals surface area contributed by atoms with Gasteiger partial charge in [0.2, 0.25) is 0 Å². The average molecular weight is 348 g/mol. The highest BCUT2D eigenvalue weighted by molar-refractivity contribution is 5.77. The van der Waals surface area contributed by atoms with Crippen molar-refractivity contribution in [3.63, 3.8) is 0 Å². The van der Waals surface area contributed by atoms with Crippen LogP contribution in [0.2, 0.25) is 0 Å². The fourth-order valence-electron chi connectivity index (χ4n) is 2.96. The Labute approximate surface area is 149 Å². The Hall–Kier alpha value is -3.48. The Bertz CT molecular complexity index is 1080. The molecule has 0 radical (unpaired) electrons. The lowest BCUT2D eigenvalue weighted by atomic mass is 10.1. The van der Waals surface area contributed by atoms with Gasteiger partial charge >= 0.3 is 0 Å². The highest BCUT2D eigenvalue weighted by Gasteiger charge is 2.12. The Morgan fingerprint density at radius 2 is 1.62 bits per heavy atom. The molecule has 0 saturated heterocycles. The van der Waals surface area contributed by atoms with E-state index in [4.69, 9.17) is 16.5 Å². The third-order valence-electron chi connectivity index (χ3n) is 4.20. The molecule has 130 valence electrons. The van der Waals surface area contributed by atoms with Crippen molar-refractivity contribution in [2.24, 2.45) is 0 Å². The Morgan fingerprint density at radius 3 is 2.31 bits per heavy atom. The van der Waals surface area contributed by atoms with Gasteiger partial charge in [0, 0.05) is 5.56 Å². The smallest absolute Gasteiger partial charge is 0.160 e. The van der Waals surface area contributed by atoms with E-state index in [0.29, 0.717) is 18.2 Å². The van der Waals surface area contributed by atoms with Gasteiger partial charge in [-0.1, -0.05) is 12.1 Å². The number of aryl methyl sites for hydroxylation is 1. The summed E-state index contributed by atoms with van der Waals surface area (Å²) in [5.41, 5.74) is 15.6. The van der Waals surface area contributed by atoms with E-state index in [0.717, 1.165) is 33.8 Å². The van der Waals surface area contributed by atoms with E-state index in [9.17, 15) is 4.39 Å². The van der Waals surface area contributed by atoms with E-state index >= 15 is 0 Å². The van der Waals surface area contributed by atoms with Gasteiger partial charge in [-0.05, 0) is 48.9 Å². The number of aromatic nitrogens is 4. The number of rotatable bonds is 3. The largest absolute Gasteiger partial charge is 0.384 e. The molecular weight excluding hydrogens is 331 g/mol. The minimum Gasteiger partial charge on any atom is -0.384 e. The molecule has 0 spiro atoms. The highest BCUT2D eigenvalue weighted by atomic mass is 19.1. The van der Waals surface area contributed by atoms with Gasteiger partial charge in [0.15, 0.2) is 5.65 Å². The second-order valence-corrected chi connectivity index (χ2v) is 6.12. The number of fused-ring (bicyclic) bond motifs is 1. The molecular formula is C19H17FN6. The lowest BCUT2D eigenvalue weighted by molar-refractivity contribution is 0.626. The highest BCUT2D eigenvalue weighted by Crippen LogP contribution is 2.24. The summed E-state index contributed by atoms with van der Waals surface area (Å²) >= 11 is 0. The Kier molecular flexibility index (Phi) is 3.76. The van der Waals surface area contributed by atoms with Crippen LogP contribution in [0.15, 0.2) is 48.5 Å². The predicted molar refractivity (Wildman–Crippen MR) is 99.8 cm³/mol. The van der Waals surface area contributed by atoms with Gasteiger partial charge in [-0.3, -0.25) is 0 Å². The predicted octanol–water partition coefficient (Wildman–Crippen LogP) is 3.15. The molecule has 1 aromatic carbocycles. The van der Waals surface area contributed by atoms with Crippen LogP contribution in [-0.4, -0.2) is 19.5 Å². The molecule has 0 saturated carbocycles. The Morgan fingerprint density at radius 1 is 0.923 bits per heavy atom. The first kappa shape index (κ1) is 16.0. The summed E-state index contributed by atoms with van der Waals surface area (Å²) in [6.07, 6.45) is 0. The second-order valence-electron chi connectivity index (χ2n) is 6.12. The molecule has 4 N–H and O–H groups in total.